The van der Waals surface area contributed by atoms with Gasteiger partial charge in [-0.1, -0.05) is 26.0 Å². The van der Waals surface area contributed by atoms with Crippen LogP contribution < -0.4 is 10.6 Å². The molecule has 0 spiro atoms. The number of halogens is 3. The Bertz CT molecular complexity index is 439. The first-order valence-electron chi connectivity index (χ1n) is 7.07. The molecule has 0 saturated heterocycles. The van der Waals surface area contributed by atoms with Crippen LogP contribution in [0.4, 0.5) is 18.0 Å². The van der Waals surface area contributed by atoms with Crippen molar-refractivity contribution in [3.63, 3.8) is 0 Å². The Balaban J connectivity index is 2.37. The zero-order valence-electron chi connectivity index (χ0n) is 12.3. The summed E-state index contributed by atoms with van der Waals surface area (Å²) in [6, 6.07) is 4.89. The molecule has 0 radical (unpaired) electrons. The number of alkyl halides is 3. The van der Waals surface area contributed by atoms with Gasteiger partial charge in [-0.15, -0.1) is 0 Å². The second kappa shape index (κ2) is 7.90. The molecule has 0 fully saturated rings. The Morgan fingerprint density at radius 2 is 1.71 bits per heavy atom. The monoisotopic (exact) mass is 302 g/mol. The SMILES string of the molecule is CCC(CC)NC(=O)NCCc1ccc(C(F)(F)F)cc1. The van der Waals surface area contributed by atoms with Crippen LogP contribution in [0.15, 0.2) is 24.3 Å². The lowest BCUT2D eigenvalue weighted by molar-refractivity contribution is -0.137. The summed E-state index contributed by atoms with van der Waals surface area (Å²) in [5.74, 6) is 0. The molecular weight excluding hydrogens is 281 g/mol. The maximum Gasteiger partial charge on any atom is 0.416 e. The van der Waals surface area contributed by atoms with Gasteiger partial charge in [0.05, 0.1) is 5.56 Å². The average molecular weight is 302 g/mol. The smallest absolute Gasteiger partial charge is 0.338 e. The number of amides is 2. The molecule has 1 aromatic rings. The fourth-order valence-electron chi connectivity index (χ4n) is 1.91. The minimum absolute atomic E-state index is 0.149. The van der Waals surface area contributed by atoms with E-state index in [0.29, 0.717) is 13.0 Å². The van der Waals surface area contributed by atoms with Crippen molar-refractivity contribution >= 4 is 6.03 Å². The van der Waals surface area contributed by atoms with Crippen LogP contribution in [0.25, 0.3) is 0 Å². The first kappa shape index (κ1) is 17.3. The number of nitrogens with one attached hydrogen (secondary N) is 2. The van der Waals surface area contributed by atoms with Crippen molar-refractivity contribution < 1.29 is 18.0 Å². The number of benzene rings is 1. The lowest BCUT2D eigenvalue weighted by Gasteiger charge is -2.15. The summed E-state index contributed by atoms with van der Waals surface area (Å²) in [5, 5.41) is 5.54. The van der Waals surface area contributed by atoms with Gasteiger partial charge in [-0.25, -0.2) is 4.79 Å². The van der Waals surface area contributed by atoms with Crippen LogP contribution in [0.3, 0.4) is 0 Å². The lowest BCUT2D eigenvalue weighted by Crippen LogP contribution is -2.42. The molecule has 0 unspecified atom stereocenters. The lowest BCUT2D eigenvalue weighted by atomic mass is 10.1. The van der Waals surface area contributed by atoms with Crippen molar-refractivity contribution in [2.75, 3.05) is 6.54 Å². The Hall–Kier alpha value is -1.72. The highest BCUT2D eigenvalue weighted by Gasteiger charge is 2.29. The molecule has 0 heterocycles. The summed E-state index contributed by atoms with van der Waals surface area (Å²) < 4.78 is 37.2. The van der Waals surface area contributed by atoms with Crippen molar-refractivity contribution in [2.45, 2.75) is 45.3 Å². The number of hydrogen-bond donors (Lipinski definition) is 2. The zero-order valence-corrected chi connectivity index (χ0v) is 12.3. The van der Waals surface area contributed by atoms with E-state index in [1.54, 1.807) is 0 Å². The number of hydrogen-bond acceptors (Lipinski definition) is 1. The van der Waals surface area contributed by atoms with Gasteiger partial charge in [0.15, 0.2) is 0 Å². The van der Waals surface area contributed by atoms with Gasteiger partial charge >= 0.3 is 12.2 Å². The van der Waals surface area contributed by atoms with Gasteiger partial charge in [0.25, 0.3) is 0 Å². The number of carbonyl (C=O) groups is 1. The highest BCUT2D eigenvalue weighted by Crippen LogP contribution is 2.29. The third-order valence-corrected chi connectivity index (χ3v) is 3.30. The predicted molar refractivity (Wildman–Crippen MR) is 76.1 cm³/mol. The second-order valence-electron chi connectivity index (χ2n) is 4.86. The van der Waals surface area contributed by atoms with E-state index in [-0.39, 0.29) is 12.1 Å². The molecule has 0 saturated carbocycles. The first-order valence-corrected chi connectivity index (χ1v) is 7.07. The largest absolute Gasteiger partial charge is 0.416 e. The van der Waals surface area contributed by atoms with E-state index in [0.717, 1.165) is 30.5 Å². The van der Waals surface area contributed by atoms with Crippen molar-refractivity contribution in [2.24, 2.45) is 0 Å². The van der Waals surface area contributed by atoms with Crippen molar-refractivity contribution in [3.8, 4) is 0 Å². The quantitative estimate of drug-likeness (QED) is 0.826. The standard InChI is InChI=1S/C15H21F3N2O/c1-3-13(4-2)20-14(21)19-10-9-11-5-7-12(8-6-11)15(16,17)18/h5-8,13H,3-4,9-10H2,1-2H3,(H2,19,20,21). The van der Waals surface area contributed by atoms with Gasteiger partial charge in [-0.2, -0.15) is 13.2 Å². The molecule has 0 aliphatic rings. The maximum atomic E-state index is 12.4. The molecule has 0 bridgehead atoms. The van der Waals surface area contributed by atoms with Crippen molar-refractivity contribution in [1.29, 1.82) is 0 Å². The predicted octanol–water partition coefficient (Wildman–Crippen LogP) is 3.74. The molecule has 1 aromatic carbocycles. The molecular formula is C15H21F3N2O. The molecule has 21 heavy (non-hydrogen) atoms. The third kappa shape index (κ3) is 6.06. The summed E-state index contributed by atoms with van der Waals surface area (Å²) in [7, 11) is 0. The van der Waals surface area contributed by atoms with Crippen LogP contribution in [0.1, 0.15) is 37.8 Å². The fourth-order valence-corrected chi connectivity index (χ4v) is 1.91. The molecule has 6 heteroatoms. The fraction of sp³-hybridized carbons (Fsp3) is 0.533. The van der Waals surface area contributed by atoms with Gasteiger partial charge in [-0.05, 0) is 37.0 Å². The van der Waals surface area contributed by atoms with E-state index in [1.807, 2.05) is 13.8 Å². The molecule has 0 aliphatic heterocycles. The van der Waals surface area contributed by atoms with Crippen LogP contribution in [-0.2, 0) is 12.6 Å². The average Bonchev–Trinajstić information content (AvgIpc) is 2.44. The number of urea groups is 1. The van der Waals surface area contributed by atoms with Crippen LogP contribution in [0.2, 0.25) is 0 Å². The van der Waals surface area contributed by atoms with Gasteiger partial charge in [0.1, 0.15) is 0 Å². The minimum Gasteiger partial charge on any atom is -0.338 e. The second-order valence-corrected chi connectivity index (χ2v) is 4.86. The topological polar surface area (TPSA) is 41.1 Å². The zero-order chi connectivity index (χ0) is 15.9. The van der Waals surface area contributed by atoms with Gasteiger partial charge < -0.3 is 10.6 Å². The number of carbonyl (C=O) groups excluding carboxylic acids is 1. The van der Waals surface area contributed by atoms with Gasteiger partial charge in [0.2, 0.25) is 0 Å². The van der Waals surface area contributed by atoms with E-state index in [4.69, 9.17) is 0 Å². The molecule has 2 amide bonds. The van der Waals surface area contributed by atoms with Crippen molar-refractivity contribution in [1.82, 2.24) is 10.6 Å². The molecule has 2 N–H and O–H groups in total. The number of rotatable bonds is 6. The summed E-state index contributed by atoms with van der Waals surface area (Å²) >= 11 is 0. The highest BCUT2D eigenvalue weighted by atomic mass is 19.4. The van der Waals surface area contributed by atoms with E-state index in [1.165, 1.54) is 12.1 Å². The molecule has 3 nitrogen and oxygen atoms in total. The molecule has 0 atom stereocenters. The van der Waals surface area contributed by atoms with Crippen molar-refractivity contribution in [3.05, 3.63) is 35.4 Å². The van der Waals surface area contributed by atoms with Crippen LogP contribution in [0.5, 0.6) is 0 Å². The first-order chi connectivity index (χ1) is 9.86. The van der Waals surface area contributed by atoms with Gasteiger partial charge in [-0.3, -0.25) is 0 Å². The summed E-state index contributed by atoms with van der Waals surface area (Å²) in [5.41, 5.74) is 0.0940. The summed E-state index contributed by atoms with van der Waals surface area (Å²) in [4.78, 5) is 11.6. The summed E-state index contributed by atoms with van der Waals surface area (Å²) in [6.45, 7) is 4.38. The van der Waals surface area contributed by atoms with Gasteiger partial charge in [0, 0.05) is 12.6 Å². The van der Waals surface area contributed by atoms with Crippen LogP contribution >= 0.6 is 0 Å². The van der Waals surface area contributed by atoms with Crippen LogP contribution in [-0.4, -0.2) is 18.6 Å². The van der Waals surface area contributed by atoms with E-state index >= 15 is 0 Å². The molecule has 0 aromatic heterocycles. The maximum absolute atomic E-state index is 12.4. The Morgan fingerprint density at radius 3 is 2.19 bits per heavy atom. The van der Waals surface area contributed by atoms with E-state index < -0.39 is 11.7 Å². The molecule has 0 aliphatic carbocycles. The van der Waals surface area contributed by atoms with E-state index in [2.05, 4.69) is 10.6 Å². The normalized spacial score (nSPS) is 11.5. The van der Waals surface area contributed by atoms with E-state index in [9.17, 15) is 18.0 Å². The van der Waals surface area contributed by atoms with Crippen LogP contribution in [0, 0.1) is 0 Å². The highest BCUT2D eigenvalue weighted by molar-refractivity contribution is 5.74. The Kier molecular flexibility index (Phi) is 6.52. The molecule has 1 rings (SSSR count). The summed E-state index contributed by atoms with van der Waals surface area (Å²) in [6.07, 6.45) is -2.09. The Labute approximate surface area is 122 Å². The third-order valence-electron chi connectivity index (χ3n) is 3.30. The molecule has 118 valence electrons. The minimum atomic E-state index is -4.31. The Morgan fingerprint density at radius 1 is 1.14 bits per heavy atom.